The molecule has 9 nitrogen and oxygen atoms in total. The topological polar surface area (TPSA) is 122 Å². The lowest BCUT2D eigenvalue weighted by Gasteiger charge is -2.12. The highest BCUT2D eigenvalue weighted by Gasteiger charge is 2.23. The van der Waals surface area contributed by atoms with E-state index in [-0.39, 0.29) is 0 Å². The molecule has 10 heteroatoms. The Bertz CT molecular complexity index is 1050. The molecule has 1 heterocycles. The number of ether oxygens (including phenoxy) is 3. The number of fused-ring (bicyclic) bond motifs is 1. The number of amides is 2. The molecular weight excluding hydrogens is 420 g/mol. The van der Waals surface area contributed by atoms with Gasteiger partial charge in [0, 0.05) is 10.4 Å². The third kappa shape index (κ3) is 4.78. The average molecular weight is 442 g/mol. The van der Waals surface area contributed by atoms with Crippen molar-refractivity contribution in [2.24, 2.45) is 5.10 Å². The van der Waals surface area contributed by atoms with E-state index in [0.717, 1.165) is 36.1 Å². The van der Waals surface area contributed by atoms with E-state index in [1.54, 1.807) is 12.1 Å². The van der Waals surface area contributed by atoms with E-state index >= 15 is 0 Å². The van der Waals surface area contributed by atoms with Crippen molar-refractivity contribution in [2.75, 3.05) is 26.6 Å². The summed E-state index contributed by atoms with van der Waals surface area (Å²) < 4.78 is 15.8. The molecule has 1 aromatic heterocycles. The first kappa shape index (κ1) is 22.1. The number of nitriles is 1. The Morgan fingerprint density at radius 1 is 1.10 bits per heavy atom. The Balaban J connectivity index is 1.67. The predicted molar refractivity (Wildman–Crippen MR) is 116 cm³/mol. The number of hydrogen-bond donors (Lipinski definition) is 2. The number of carbonyl (C=O) groups excluding carboxylic acids is 2. The molecule has 0 fully saturated rings. The normalized spacial score (nSPS) is 12.6. The van der Waals surface area contributed by atoms with Gasteiger partial charge in [0.1, 0.15) is 11.1 Å². The zero-order valence-electron chi connectivity index (χ0n) is 17.4. The molecule has 0 aliphatic heterocycles. The van der Waals surface area contributed by atoms with Crippen LogP contribution in [0.1, 0.15) is 34.4 Å². The minimum absolute atomic E-state index is 0.406. The third-order valence-corrected chi connectivity index (χ3v) is 5.99. The molecule has 1 aromatic carbocycles. The van der Waals surface area contributed by atoms with Gasteiger partial charge in [-0.1, -0.05) is 0 Å². The van der Waals surface area contributed by atoms with Gasteiger partial charge in [-0.05, 0) is 43.4 Å². The molecule has 0 atom stereocenters. The summed E-state index contributed by atoms with van der Waals surface area (Å²) in [4.78, 5) is 25.5. The van der Waals surface area contributed by atoms with Crippen LogP contribution < -0.4 is 25.0 Å². The van der Waals surface area contributed by atoms with Gasteiger partial charge in [0.15, 0.2) is 11.5 Å². The molecule has 0 spiro atoms. The van der Waals surface area contributed by atoms with Crippen molar-refractivity contribution < 1.29 is 23.8 Å². The molecular formula is C21H22N4O5S. The lowest BCUT2D eigenvalue weighted by molar-refractivity contribution is -0.136. The van der Waals surface area contributed by atoms with E-state index in [0.29, 0.717) is 33.4 Å². The highest BCUT2D eigenvalue weighted by molar-refractivity contribution is 7.16. The number of nitrogens with one attached hydrogen (secondary N) is 2. The van der Waals surface area contributed by atoms with Crippen LogP contribution in [0.3, 0.4) is 0 Å². The van der Waals surface area contributed by atoms with Gasteiger partial charge in [-0.3, -0.25) is 9.59 Å². The first-order chi connectivity index (χ1) is 15.0. The molecule has 0 radical (unpaired) electrons. The summed E-state index contributed by atoms with van der Waals surface area (Å²) in [6.45, 7) is 0. The second kappa shape index (κ2) is 9.95. The Kier molecular flexibility index (Phi) is 7.10. The van der Waals surface area contributed by atoms with Crippen LogP contribution in [0, 0.1) is 11.3 Å². The number of hydrazone groups is 1. The van der Waals surface area contributed by atoms with Crippen LogP contribution in [0.5, 0.6) is 17.2 Å². The zero-order valence-corrected chi connectivity index (χ0v) is 18.2. The number of carbonyl (C=O) groups is 2. The number of hydrogen-bond acceptors (Lipinski definition) is 8. The summed E-state index contributed by atoms with van der Waals surface area (Å²) >= 11 is 1.35. The van der Waals surface area contributed by atoms with E-state index in [9.17, 15) is 14.9 Å². The number of aryl methyl sites for hydroxylation is 1. The maximum atomic E-state index is 12.3. The maximum Gasteiger partial charge on any atom is 0.329 e. The molecule has 162 valence electrons. The van der Waals surface area contributed by atoms with E-state index in [1.807, 2.05) is 0 Å². The van der Waals surface area contributed by atoms with Gasteiger partial charge in [0.2, 0.25) is 5.75 Å². The Labute approximate surface area is 183 Å². The first-order valence-electron chi connectivity index (χ1n) is 9.51. The van der Waals surface area contributed by atoms with Crippen molar-refractivity contribution in [3.8, 4) is 23.3 Å². The summed E-state index contributed by atoms with van der Waals surface area (Å²) in [5, 5.41) is 16.2. The van der Waals surface area contributed by atoms with Crippen LogP contribution in [0.25, 0.3) is 0 Å². The molecule has 1 aliphatic rings. The fourth-order valence-electron chi connectivity index (χ4n) is 3.32. The minimum atomic E-state index is -0.945. The quantitative estimate of drug-likeness (QED) is 0.403. The van der Waals surface area contributed by atoms with Crippen molar-refractivity contribution in [3.63, 3.8) is 0 Å². The highest BCUT2D eigenvalue weighted by Crippen LogP contribution is 2.38. The summed E-state index contributed by atoms with van der Waals surface area (Å²) in [6, 6.07) is 5.43. The SMILES string of the molecule is COc1cc(/C=N\NC(=O)C(=O)Nc2sc3c(c2C#N)CCCC3)cc(OC)c1OC. The Morgan fingerprint density at radius 3 is 2.39 bits per heavy atom. The average Bonchev–Trinajstić information content (AvgIpc) is 3.14. The van der Waals surface area contributed by atoms with E-state index in [2.05, 4.69) is 21.9 Å². The first-order valence-corrected chi connectivity index (χ1v) is 10.3. The second-order valence-corrected chi connectivity index (χ2v) is 7.74. The van der Waals surface area contributed by atoms with Gasteiger partial charge in [0.05, 0.1) is 33.1 Å². The summed E-state index contributed by atoms with van der Waals surface area (Å²) in [7, 11) is 4.47. The van der Waals surface area contributed by atoms with Crippen LogP contribution in [0.15, 0.2) is 17.2 Å². The monoisotopic (exact) mass is 442 g/mol. The molecule has 2 aromatic rings. The number of thiophene rings is 1. The molecule has 0 saturated carbocycles. The molecule has 0 unspecified atom stereocenters. The molecule has 3 rings (SSSR count). The lowest BCUT2D eigenvalue weighted by Crippen LogP contribution is -2.32. The summed E-state index contributed by atoms with van der Waals surface area (Å²) in [5.74, 6) is -0.551. The van der Waals surface area contributed by atoms with Crippen LogP contribution in [-0.4, -0.2) is 39.4 Å². The Morgan fingerprint density at radius 2 is 1.77 bits per heavy atom. The van der Waals surface area contributed by atoms with Gasteiger partial charge in [0.25, 0.3) is 0 Å². The smallest absolute Gasteiger partial charge is 0.329 e. The van der Waals surface area contributed by atoms with Gasteiger partial charge in [-0.15, -0.1) is 11.3 Å². The van der Waals surface area contributed by atoms with Crippen molar-refractivity contribution in [1.82, 2.24) is 5.43 Å². The van der Waals surface area contributed by atoms with E-state index < -0.39 is 11.8 Å². The van der Waals surface area contributed by atoms with Crippen LogP contribution >= 0.6 is 11.3 Å². The predicted octanol–water partition coefficient (Wildman–Crippen LogP) is 2.61. The van der Waals surface area contributed by atoms with Gasteiger partial charge in [-0.25, -0.2) is 5.43 Å². The van der Waals surface area contributed by atoms with Crippen molar-refractivity contribution in [1.29, 1.82) is 5.26 Å². The second-order valence-electron chi connectivity index (χ2n) is 6.64. The third-order valence-electron chi connectivity index (χ3n) is 4.78. The molecule has 0 saturated heterocycles. The number of methoxy groups -OCH3 is 3. The van der Waals surface area contributed by atoms with E-state index in [4.69, 9.17) is 14.2 Å². The van der Waals surface area contributed by atoms with Gasteiger partial charge in [-0.2, -0.15) is 10.4 Å². The fraction of sp³-hybridized carbons (Fsp3) is 0.333. The highest BCUT2D eigenvalue weighted by atomic mass is 32.1. The molecule has 31 heavy (non-hydrogen) atoms. The maximum absolute atomic E-state index is 12.3. The number of anilines is 1. The fourth-order valence-corrected chi connectivity index (χ4v) is 4.56. The number of rotatable bonds is 6. The number of nitrogens with zero attached hydrogens (tertiary/aromatic N) is 2. The van der Waals surface area contributed by atoms with Crippen LogP contribution in [-0.2, 0) is 22.4 Å². The largest absolute Gasteiger partial charge is 0.493 e. The zero-order chi connectivity index (χ0) is 22.4. The molecule has 2 N–H and O–H groups in total. The molecule has 1 aliphatic carbocycles. The summed E-state index contributed by atoms with van der Waals surface area (Å²) in [5.41, 5.74) is 4.17. The van der Waals surface area contributed by atoms with Crippen LogP contribution in [0.2, 0.25) is 0 Å². The van der Waals surface area contributed by atoms with Crippen molar-refractivity contribution in [2.45, 2.75) is 25.7 Å². The minimum Gasteiger partial charge on any atom is -0.493 e. The van der Waals surface area contributed by atoms with Crippen LogP contribution in [0.4, 0.5) is 5.00 Å². The molecule has 2 amide bonds. The van der Waals surface area contributed by atoms with Crippen molar-refractivity contribution >= 4 is 34.4 Å². The lowest BCUT2D eigenvalue weighted by atomic mass is 9.96. The Hall–Kier alpha value is -3.58. The van der Waals surface area contributed by atoms with Gasteiger partial charge < -0.3 is 19.5 Å². The standard InChI is InChI=1S/C21H22N4O5S/c1-28-15-8-12(9-16(29-2)18(15)30-3)11-23-25-20(27)19(26)24-21-14(10-22)13-6-4-5-7-17(13)31-21/h8-9,11H,4-7H2,1-3H3,(H,24,26)(H,25,27)/b23-11-. The van der Waals surface area contributed by atoms with Gasteiger partial charge >= 0.3 is 11.8 Å². The summed E-state index contributed by atoms with van der Waals surface area (Å²) in [6.07, 6.45) is 5.12. The van der Waals surface area contributed by atoms with Crippen molar-refractivity contribution in [3.05, 3.63) is 33.7 Å². The number of benzene rings is 1. The van der Waals surface area contributed by atoms with E-state index in [1.165, 1.54) is 38.9 Å². The molecule has 0 bridgehead atoms.